The molecule has 6 nitrogen and oxygen atoms in total. The van der Waals surface area contributed by atoms with Crippen molar-refractivity contribution in [3.8, 4) is 5.75 Å². The standard InChI is InChI=1S/C15H12ClFN2O4S/c16-10-7-9(17)5-6-14(10)24(21,22)19-8-13(15(18)20)23-12-4-2-1-3-11(12)19/h1-7,13H,8H2,(H2,18,20). The van der Waals surface area contributed by atoms with Crippen LogP contribution < -0.4 is 14.8 Å². The molecular weight excluding hydrogens is 359 g/mol. The molecule has 2 aromatic carbocycles. The van der Waals surface area contributed by atoms with E-state index in [1.807, 2.05) is 0 Å². The number of carbonyl (C=O) groups is 1. The summed E-state index contributed by atoms with van der Waals surface area (Å²) < 4.78 is 45.6. The third-order valence-electron chi connectivity index (χ3n) is 3.51. The topological polar surface area (TPSA) is 89.7 Å². The first-order chi connectivity index (χ1) is 11.3. The van der Waals surface area contributed by atoms with Crippen LogP contribution in [0.15, 0.2) is 47.4 Å². The average Bonchev–Trinajstić information content (AvgIpc) is 2.53. The highest BCUT2D eigenvalue weighted by molar-refractivity contribution is 7.93. The Labute approximate surface area is 142 Å². The molecule has 0 radical (unpaired) electrons. The fourth-order valence-electron chi connectivity index (χ4n) is 2.38. The number of halogens is 2. The number of benzene rings is 2. The van der Waals surface area contributed by atoms with Gasteiger partial charge in [0.15, 0.2) is 6.10 Å². The van der Waals surface area contributed by atoms with Crippen molar-refractivity contribution in [2.45, 2.75) is 11.0 Å². The lowest BCUT2D eigenvalue weighted by atomic mass is 10.2. The Morgan fingerprint density at radius 2 is 2.00 bits per heavy atom. The van der Waals surface area contributed by atoms with Crippen LogP contribution in [-0.2, 0) is 14.8 Å². The maximum atomic E-state index is 13.2. The van der Waals surface area contributed by atoms with Gasteiger partial charge in [0.2, 0.25) is 0 Å². The number of nitrogens with zero attached hydrogens (tertiary/aromatic N) is 1. The third-order valence-corrected chi connectivity index (χ3v) is 5.78. The van der Waals surface area contributed by atoms with Crippen molar-refractivity contribution in [2.24, 2.45) is 5.73 Å². The van der Waals surface area contributed by atoms with E-state index in [2.05, 4.69) is 0 Å². The summed E-state index contributed by atoms with van der Waals surface area (Å²) in [5, 5.41) is -0.255. The maximum Gasteiger partial charge on any atom is 0.266 e. The molecule has 0 spiro atoms. The zero-order valence-corrected chi connectivity index (χ0v) is 13.7. The molecule has 126 valence electrons. The highest BCUT2D eigenvalue weighted by Crippen LogP contribution is 2.38. The minimum Gasteiger partial charge on any atom is -0.476 e. The number of amides is 1. The van der Waals surface area contributed by atoms with Crippen LogP contribution in [0.3, 0.4) is 0 Å². The molecule has 1 aliphatic rings. The second kappa shape index (κ2) is 5.95. The van der Waals surface area contributed by atoms with E-state index in [9.17, 15) is 17.6 Å². The van der Waals surface area contributed by atoms with E-state index in [-0.39, 0.29) is 27.9 Å². The number of primary amides is 1. The molecule has 1 atom stereocenters. The van der Waals surface area contributed by atoms with Gasteiger partial charge in [-0.2, -0.15) is 0 Å². The SMILES string of the molecule is NC(=O)C1CN(S(=O)(=O)c2ccc(F)cc2Cl)c2ccccc2O1. The summed E-state index contributed by atoms with van der Waals surface area (Å²) in [5.41, 5.74) is 5.50. The van der Waals surface area contributed by atoms with E-state index >= 15 is 0 Å². The molecule has 0 aliphatic carbocycles. The lowest BCUT2D eigenvalue weighted by Gasteiger charge is -2.34. The Balaban J connectivity index is 2.14. The van der Waals surface area contributed by atoms with Gasteiger partial charge in [0, 0.05) is 0 Å². The van der Waals surface area contributed by atoms with Gasteiger partial charge in [-0.05, 0) is 30.3 Å². The van der Waals surface area contributed by atoms with Crippen LogP contribution in [0, 0.1) is 5.82 Å². The normalized spacial score (nSPS) is 17.1. The number of rotatable bonds is 3. The Morgan fingerprint density at radius 1 is 1.29 bits per heavy atom. The summed E-state index contributed by atoms with van der Waals surface area (Å²) >= 11 is 5.89. The molecule has 2 N–H and O–H groups in total. The second-order valence-electron chi connectivity index (χ2n) is 5.09. The number of anilines is 1. The summed E-state index contributed by atoms with van der Waals surface area (Å²) in [6, 6.07) is 9.30. The Bertz CT molecular complexity index is 919. The molecule has 0 saturated heterocycles. The molecule has 9 heteroatoms. The molecule has 0 saturated carbocycles. The molecule has 24 heavy (non-hydrogen) atoms. The third kappa shape index (κ3) is 2.78. The quantitative estimate of drug-likeness (QED) is 0.893. The van der Waals surface area contributed by atoms with Gasteiger partial charge in [0.05, 0.1) is 17.3 Å². The van der Waals surface area contributed by atoms with Crippen LogP contribution in [0.25, 0.3) is 0 Å². The lowest BCUT2D eigenvalue weighted by Crippen LogP contribution is -2.49. The van der Waals surface area contributed by atoms with E-state index in [1.165, 1.54) is 12.1 Å². The van der Waals surface area contributed by atoms with Crippen LogP contribution in [-0.4, -0.2) is 27.0 Å². The van der Waals surface area contributed by atoms with Crippen LogP contribution >= 0.6 is 11.6 Å². The molecule has 1 aliphatic heterocycles. The zero-order valence-electron chi connectivity index (χ0n) is 12.1. The van der Waals surface area contributed by atoms with Crippen LogP contribution in [0.1, 0.15) is 0 Å². The monoisotopic (exact) mass is 370 g/mol. The van der Waals surface area contributed by atoms with Gasteiger partial charge in [-0.1, -0.05) is 23.7 Å². The summed E-state index contributed by atoms with van der Waals surface area (Å²) in [4.78, 5) is 11.2. The number of hydrogen-bond donors (Lipinski definition) is 1. The molecule has 0 bridgehead atoms. The molecule has 1 amide bonds. The van der Waals surface area contributed by atoms with Crippen molar-refractivity contribution in [3.63, 3.8) is 0 Å². The number of ether oxygens (including phenoxy) is 1. The van der Waals surface area contributed by atoms with Crippen molar-refractivity contribution in [2.75, 3.05) is 10.8 Å². The van der Waals surface area contributed by atoms with Gasteiger partial charge in [-0.3, -0.25) is 9.10 Å². The number of nitrogens with two attached hydrogens (primary N) is 1. The number of sulfonamides is 1. The summed E-state index contributed by atoms with van der Waals surface area (Å²) in [7, 11) is -4.14. The molecule has 3 rings (SSSR count). The van der Waals surface area contributed by atoms with Crippen molar-refractivity contribution in [1.82, 2.24) is 0 Å². The number of hydrogen-bond acceptors (Lipinski definition) is 4. The molecule has 0 fully saturated rings. The van der Waals surface area contributed by atoms with Gasteiger partial charge in [0.1, 0.15) is 16.5 Å². The van der Waals surface area contributed by atoms with E-state index in [0.717, 1.165) is 22.5 Å². The van der Waals surface area contributed by atoms with Crippen LogP contribution in [0.5, 0.6) is 5.75 Å². The van der Waals surface area contributed by atoms with Crippen molar-refractivity contribution in [1.29, 1.82) is 0 Å². The van der Waals surface area contributed by atoms with Gasteiger partial charge in [0.25, 0.3) is 15.9 Å². The minimum atomic E-state index is -4.14. The molecule has 0 aromatic heterocycles. The molecule has 1 unspecified atom stereocenters. The highest BCUT2D eigenvalue weighted by Gasteiger charge is 2.37. The first kappa shape index (κ1) is 16.5. The first-order valence-corrected chi connectivity index (χ1v) is 8.65. The maximum absolute atomic E-state index is 13.2. The average molecular weight is 371 g/mol. The van der Waals surface area contributed by atoms with Crippen LogP contribution in [0.4, 0.5) is 10.1 Å². The number of fused-ring (bicyclic) bond motifs is 1. The Morgan fingerprint density at radius 3 is 2.67 bits per heavy atom. The van der Waals surface area contributed by atoms with Gasteiger partial charge >= 0.3 is 0 Å². The zero-order chi connectivity index (χ0) is 17.5. The van der Waals surface area contributed by atoms with E-state index < -0.39 is 27.9 Å². The minimum absolute atomic E-state index is 0.203. The van der Waals surface area contributed by atoms with Gasteiger partial charge in [-0.15, -0.1) is 0 Å². The fraction of sp³-hybridized carbons (Fsp3) is 0.133. The largest absolute Gasteiger partial charge is 0.476 e. The lowest BCUT2D eigenvalue weighted by molar-refractivity contribution is -0.124. The molecule has 2 aromatic rings. The summed E-state index contributed by atoms with van der Waals surface area (Å²) in [6.07, 6.45) is -1.14. The number of para-hydroxylation sites is 2. The summed E-state index contributed by atoms with van der Waals surface area (Å²) in [5.74, 6) is -1.25. The smallest absolute Gasteiger partial charge is 0.266 e. The number of carbonyl (C=O) groups excluding carboxylic acids is 1. The van der Waals surface area contributed by atoms with Gasteiger partial charge < -0.3 is 10.5 Å². The Hall–Kier alpha value is -2.32. The summed E-state index contributed by atoms with van der Waals surface area (Å²) in [6.45, 7) is -0.303. The van der Waals surface area contributed by atoms with E-state index in [4.69, 9.17) is 22.1 Å². The van der Waals surface area contributed by atoms with E-state index in [1.54, 1.807) is 12.1 Å². The van der Waals surface area contributed by atoms with Crippen molar-refractivity contribution in [3.05, 3.63) is 53.3 Å². The second-order valence-corrected chi connectivity index (χ2v) is 7.33. The highest BCUT2D eigenvalue weighted by atomic mass is 35.5. The molecular formula is C15H12ClFN2O4S. The van der Waals surface area contributed by atoms with Gasteiger partial charge in [-0.25, -0.2) is 12.8 Å². The fourth-order valence-corrected chi connectivity index (χ4v) is 4.37. The van der Waals surface area contributed by atoms with Crippen molar-refractivity contribution < 1.29 is 22.3 Å². The Kier molecular flexibility index (Phi) is 4.10. The predicted molar refractivity (Wildman–Crippen MR) is 86.0 cm³/mol. The molecule has 1 heterocycles. The predicted octanol–water partition coefficient (Wildman–Crippen LogP) is 1.92. The van der Waals surface area contributed by atoms with Crippen molar-refractivity contribution >= 4 is 33.2 Å². The van der Waals surface area contributed by atoms with E-state index in [0.29, 0.717) is 0 Å². The van der Waals surface area contributed by atoms with Crippen LogP contribution in [0.2, 0.25) is 5.02 Å². The first-order valence-electron chi connectivity index (χ1n) is 6.83.